The van der Waals surface area contributed by atoms with Gasteiger partial charge < -0.3 is 53.7 Å². The fourth-order valence-corrected chi connectivity index (χ4v) is 12.2. The maximum Gasteiger partial charge on any atom is 0.422 e. The van der Waals surface area contributed by atoms with Gasteiger partial charge in [0.15, 0.2) is 5.78 Å². The van der Waals surface area contributed by atoms with Crippen LogP contribution < -0.4 is 4.72 Å². The van der Waals surface area contributed by atoms with E-state index in [4.69, 9.17) is 28.4 Å². The van der Waals surface area contributed by atoms with E-state index in [2.05, 4.69) is 0 Å². The lowest BCUT2D eigenvalue weighted by molar-refractivity contribution is -0.265. The molecule has 0 aromatic rings. The molecule has 0 aromatic carbocycles. The zero-order chi connectivity index (χ0) is 58.1. The van der Waals surface area contributed by atoms with Crippen molar-refractivity contribution in [3.8, 4) is 0 Å². The van der Waals surface area contributed by atoms with Crippen molar-refractivity contribution in [3.05, 3.63) is 47.6 Å². The fraction of sp³-hybridized carbons (Fsp3) is 0.750. The van der Waals surface area contributed by atoms with Crippen LogP contribution in [0.25, 0.3) is 0 Å². The molecule has 2 amide bonds. The normalized spacial score (nSPS) is 34.7. The zero-order valence-corrected chi connectivity index (χ0v) is 48.2. The van der Waals surface area contributed by atoms with Crippen LogP contribution in [0.4, 0.5) is 4.79 Å². The second-order valence-electron chi connectivity index (χ2n) is 21.9. The smallest absolute Gasteiger partial charge is 0.422 e. The second kappa shape index (κ2) is 31.1. The highest BCUT2D eigenvalue weighted by molar-refractivity contribution is 7.87. The Balaban J connectivity index is 1.67. The van der Waals surface area contributed by atoms with E-state index in [0.29, 0.717) is 61.2 Å². The summed E-state index contributed by atoms with van der Waals surface area (Å²) in [7, 11) is -0.159. The van der Waals surface area contributed by atoms with E-state index in [1.807, 2.05) is 55.9 Å². The lowest BCUT2D eigenvalue weighted by Crippen LogP contribution is -2.61. The molecule has 21 nitrogen and oxygen atoms in total. The molecule has 5 N–H and O–H groups in total. The van der Waals surface area contributed by atoms with Crippen molar-refractivity contribution >= 4 is 45.5 Å². The molecule has 78 heavy (non-hydrogen) atoms. The number of ether oxygens (including phenoxy) is 6. The number of hydrogen-bond donors (Lipinski definition) is 5. The number of aliphatic hydroxyl groups is 4. The van der Waals surface area contributed by atoms with Crippen LogP contribution in [0.15, 0.2) is 47.6 Å². The molecular formula is C56H89N3O18S. The van der Waals surface area contributed by atoms with E-state index in [1.54, 1.807) is 40.9 Å². The van der Waals surface area contributed by atoms with Gasteiger partial charge in [-0.3, -0.25) is 19.2 Å². The summed E-state index contributed by atoms with van der Waals surface area (Å²) in [5.74, 6) is -9.11. The summed E-state index contributed by atoms with van der Waals surface area (Å²) < 4.78 is 63.3. The average molecular weight is 1120 g/mol. The largest absolute Gasteiger partial charge is 0.460 e. The third-order valence-corrected chi connectivity index (χ3v) is 17.4. The van der Waals surface area contributed by atoms with Crippen LogP contribution in [0, 0.1) is 35.5 Å². The lowest BCUT2D eigenvalue weighted by Gasteiger charge is -2.42. The van der Waals surface area contributed by atoms with E-state index in [1.165, 1.54) is 14.2 Å². The molecule has 3 fully saturated rings. The van der Waals surface area contributed by atoms with Gasteiger partial charge in [-0.15, -0.1) is 0 Å². The van der Waals surface area contributed by atoms with Crippen molar-refractivity contribution in [2.45, 2.75) is 180 Å². The summed E-state index contributed by atoms with van der Waals surface area (Å²) in [5.41, 5.74) is 1.16. The van der Waals surface area contributed by atoms with Crippen molar-refractivity contribution in [2.24, 2.45) is 35.5 Å². The highest BCUT2D eigenvalue weighted by Crippen LogP contribution is 2.38. The quantitative estimate of drug-likeness (QED) is 0.0967. The van der Waals surface area contributed by atoms with Gasteiger partial charge in [-0.2, -0.15) is 12.7 Å². The monoisotopic (exact) mass is 1120 g/mol. The number of piperidine rings is 1. The number of carbonyl (C=O) groups excluding carboxylic acids is 6. The molecule has 3 heterocycles. The van der Waals surface area contributed by atoms with Gasteiger partial charge in [0, 0.05) is 71.6 Å². The number of fused-ring (bicyclic) bond motifs is 3. The molecule has 0 aromatic heterocycles. The van der Waals surface area contributed by atoms with Gasteiger partial charge in [0.1, 0.15) is 36.2 Å². The van der Waals surface area contributed by atoms with Crippen LogP contribution in [-0.2, 0) is 62.6 Å². The number of nitrogens with zero attached hydrogens (tertiary/aromatic N) is 2. The average Bonchev–Trinajstić information content (AvgIpc) is 3.40. The molecule has 1 saturated carbocycles. The van der Waals surface area contributed by atoms with E-state index in [-0.39, 0.29) is 68.7 Å². The van der Waals surface area contributed by atoms with Crippen molar-refractivity contribution in [2.75, 3.05) is 54.2 Å². The summed E-state index contributed by atoms with van der Waals surface area (Å²) >= 11 is 0. The second-order valence-corrected chi connectivity index (χ2v) is 23.6. The first-order valence-corrected chi connectivity index (χ1v) is 29.0. The number of methoxy groups -OCH3 is 3. The Morgan fingerprint density at radius 2 is 1.56 bits per heavy atom. The molecule has 2 bridgehead atoms. The first-order valence-electron chi connectivity index (χ1n) is 27.5. The summed E-state index contributed by atoms with van der Waals surface area (Å²) in [6.45, 7) is 10.5. The van der Waals surface area contributed by atoms with E-state index < -0.39 is 125 Å². The van der Waals surface area contributed by atoms with Crippen LogP contribution in [0.1, 0.15) is 126 Å². The number of hydrogen-bond acceptors (Lipinski definition) is 18. The molecule has 3 aliphatic heterocycles. The van der Waals surface area contributed by atoms with E-state index >= 15 is 0 Å². The number of carbonyl (C=O) groups is 6. The van der Waals surface area contributed by atoms with E-state index in [0.717, 1.165) is 10.5 Å². The number of ketones is 3. The van der Waals surface area contributed by atoms with Gasteiger partial charge >= 0.3 is 22.3 Å². The van der Waals surface area contributed by atoms with Gasteiger partial charge in [-0.1, -0.05) is 71.1 Å². The third-order valence-electron chi connectivity index (χ3n) is 16.0. The molecule has 442 valence electrons. The third kappa shape index (κ3) is 18.1. The topological polar surface area (TPSA) is 291 Å². The number of nitrogens with one attached hydrogen (secondary N) is 1. The van der Waals surface area contributed by atoms with Crippen molar-refractivity contribution in [1.29, 1.82) is 0 Å². The van der Waals surface area contributed by atoms with Crippen molar-refractivity contribution in [1.82, 2.24) is 13.9 Å². The number of amides is 2. The highest BCUT2D eigenvalue weighted by Gasteiger charge is 2.53. The number of Topliss-reactive ketones (excluding diaryl/α,β-unsaturated/α-hetero) is 3. The predicted molar refractivity (Wildman–Crippen MR) is 287 cm³/mol. The predicted octanol–water partition coefficient (Wildman–Crippen LogP) is 4.45. The minimum Gasteiger partial charge on any atom is -0.460 e. The van der Waals surface area contributed by atoms with Gasteiger partial charge in [-0.05, 0) is 107 Å². The van der Waals surface area contributed by atoms with Crippen LogP contribution in [0.2, 0.25) is 0 Å². The minimum absolute atomic E-state index is 0.0131. The SMILES string of the molecule is CO[C@H]1C[C@@H]2CC[C@@H](C)[C@@](O)(O2)C(=O)C(=O)N2CCCC[C@H]2C(=O)O[C@H]([C@H](C)C[C@@H]2CC[C@@H](OC(=O)NS(=O)(=O)N(CCO)CCO)[C@H](OC)C2)CC(=O)[C@H](C)/C=C(\C)[C@@H](O)[C@@H](OC)C(=O)[C@H](C)C[C@H](C)/C=C/C=CC=C1C. The van der Waals surface area contributed by atoms with Gasteiger partial charge in [0.05, 0.1) is 31.5 Å². The Labute approximate surface area is 461 Å². The summed E-state index contributed by atoms with van der Waals surface area (Å²) in [6, 6.07) is -1.24. The molecule has 0 unspecified atom stereocenters. The molecule has 4 aliphatic rings. The number of esters is 1. The number of cyclic esters (lactones) is 1. The minimum atomic E-state index is -4.47. The number of allylic oxidation sites excluding steroid dienone is 6. The Kier molecular flexibility index (Phi) is 26.4. The first kappa shape index (κ1) is 66.3. The molecule has 4 rings (SSSR count). The summed E-state index contributed by atoms with van der Waals surface area (Å²) in [4.78, 5) is 85.5. The lowest BCUT2D eigenvalue weighted by atomic mass is 9.78. The van der Waals surface area contributed by atoms with Gasteiger partial charge in [0.2, 0.25) is 5.79 Å². The maximum atomic E-state index is 14.6. The van der Waals surface area contributed by atoms with Crippen LogP contribution in [0.3, 0.4) is 0 Å². The zero-order valence-electron chi connectivity index (χ0n) is 47.4. The van der Waals surface area contributed by atoms with Gasteiger partial charge in [-0.25, -0.2) is 14.3 Å². The number of aliphatic hydroxyl groups excluding tert-OH is 3. The first-order chi connectivity index (χ1) is 36.8. The van der Waals surface area contributed by atoms with Gasteiger partial charge in [0.25, 0.3) is 11.7 Å². The molecule has 0 spiro atoms. The van der Waals surface area contributed by atoms with Crippen molar-refractivity contribution in [3.63, 3.8) is 0 Å². The van der Waals surface area contributed by atoms with Crippen LogP contribution >= 0.6 is 0 Å². The summed E-state index contributed by atoms with van der Waals surface area (Å²) in [5, 5.41) is 42.2. The highest BCUT2D eigenvalue weighted by atomic mass is 32.2. The molecule has 2 saturated heterocycles. The molecule has 15 atom stereocenters. The Morgan fingerprint density at radius 1 is 0.872 bits per heavy atom. The Morgan fingerprint density at radius 3 is 2.21 bits per heavy atom. The van der Waals surface area contributed by atoms with Crippen molar-refractivity contribution < 1.29 is 86.0 Å². The van der Waals surface area contributed by atoms with Crippen LogP contribution in [-0.4, -0.2) is 182 Å². The maximum absolute atomic E-state index is 14.6. The fourth-order valence-electron chi connectivity index (χ4n) is 11.1. The molecule has 0 radical (unpaired) electrons. The standard InChI is InChI=1S/C56H89N3O18S/c1-34-16-12-11-13-17-35(2)46(72-8)32-42-21-19-40(7)56(69,77-42)52(65)53(66)59-23-15-14-18-43(59)54(67)75-47(33-44(62)36(3)29-39(6)50(64)51(74-10)49(63)38(5)28-34)37(4)30-41-20-22-45(48(31-41)73-9)76-55(68)57-78(70,71)58(24-26-60)25-27-61/h11-13,16-17,29,34,36-38,40-43,45-48,50-51,60-61,64,69H,14-15,18-28,30-33H2,1-10H3,(H,57,68)/b13-11?,16-12+,35-17?,39-29+/t34-,36-,37-,38-,40-,41+,42+,43+,45-,46+,47+,48-,50-,51+,56-/m1/s1. The Hall–Kier alpha value is -4.23. The Bertz CT molecular complexity index is 2260. The van der Waals surface area contributed by atoms with Crippen LogP contribution in [0.5, 0.6) is 0 Å². The number of rotatable bonds is 13. The molecule has 1 aliphatic carbocycles. The summed E-state index contributed by atoms with van der Waals surface area (Å²) in [6.07, 6.45) is 7.11. The molecule has 22 heteroatoms. The van der Waals surface area contributed by atoms with E-state index in [9.17, 15) is 57.6 Å². The molecular weight excluding hydrogens is 1030 g/mol.